The summed E-state index contributed by atoms with van der Waals surface area (Å²) in [5, 5.41) is 13.2. The lowest BCUT2D eigenvalue weighted by Crippen LogP contribution is -2.33. The predicted molar refractivity (Wildman–Crippen MR) is 73.5 cm³/mol. The van der Waals surface area contributed by atoms with E-state index in [1.54, 1.807) is 6.07 Å². The molecule has 18 heavy (non-hydrogen) atoms. The van der Waals surface area contributed by atoms with Gasteiger partial charge in [-0.25, -0.2) is 0 Å². The van der Waals surface area contributed by atoms with Crippen LogP contribution in [-0.2, 0) is 6.54 Å². The summed E-state index contributed by atoms with van der Waals surface area (Å²) < 4.78 is 0. The quantitative estimate of drug-likeness (QED) is 0.860. The third kappa shape index (κ3) is 3.45. The lowest BCUT2D eigenvalue weighted by molar-refractivity contribution is 0.207. The van der Waals surface area contributed by atoms with Crippen LogP contribution in [0.2, 0.25) is 0 Å². The first-order valence-electron chi connectivity index (χ1n) is 6.95. The van der Waals surface area contributed by atoms with Gasteiger partial charge in [-0.1, -0.05) is 26.2 Å². The second kappa shape index (κ2) is 5.70. The molecule has 0 bridgehead atoms. The molecular weight excluding hydrogens is 224 g/mol. The number of nitrogens with one attached hydrogen (secondary N) is 1. The maximum absolute atomic E-state index is 9.73. The Morgan fingerprint density at radius 3 is 2.72 bits per heavy atom. The number of pyridine rings is 1. The van der Waals surface area contributed by atoms with Crippen LogP contribution in [0.3, 0.4) is 0 Å². The molecule has 1 fully saturated rings. The summed E-state index contributed by atoms with van der Waals surface area (Å²) in [4.78, 5) is 4.37. The lowest BCUT2D eigenvalue weighted by Gasteiger charge is -2.33. The Bertz CT molecular complexity index is 397. The van der Waals surface area contributed by atoms with E-state index in [0.717, 1.165) is 17.9 Å². The molecule has 0 atom stereocenters. The summed E-state index contributed by atoms with van der Waals surface area (Å²) in [6.45, 7) is 5.99. The van der Waals surface area contributed by atoms with E-state index in [1.807, 2.05) is 13.0 Å². The Labute approximate surface area is 110 Å². The van der Waals surface area contributed by atoms with Crippen LogP contribution in [0.4, 0.5) is 0 Å². The highest BCUT2D eigenvalue weighted by Crippen LogP contribution is 2.35. The topological polar surface area (TPSA) is 45.1 Å². The maximum atomic E-state index is 9.73. The standard InChI is InChI=1S/C15H24N2O/c1-12-6-7-14(18)13(17-12)10-16-11-15(2)8-4-3-5-9-15/h6-7,16,18H,3-5,8-11H2,1-2H3. The molecule has 1 aromatic heterocycles. The number of aromatic nitrogens is 1. The van der Waals surface area contributed by atoms with Gasteiger partial charge in [0.2, 0.25) is 0 Å². The third-order valence-corrected chi connectivity index (χ3v) is 3.99. The molecule has 0 saturated heterocycles. The summed E-state index contributed by atoms with van der Waals surface area (Å²) in [5.41, 5.74) is 2.14. The predicted octanol–water partition coefficient (Wildman–Crippen LogP) is 3.16. The highest BCUT2D eigenvalue weighted by atomic mass is 16.3. The molecule has 0 amide bonds. The van der Waals surface area contributed by atoms with E-state index >= 15 is 0 Å². The van der Waals surface area contributed by atoms with Crippen LogP contribution >= 0.6 is 0 Å². The summed E-state index contributed by atoms with van der Waals surface area (Å²) in [5.74, 6) is 0.293. The van der Waals surface area contributed by atoms with Crippen molar-refractivity contribution in [1.82, 2.24) is 10.3 Å². The molecule has 2 rings (SSSR count). The van der Waals surface area contributed by atoms with Crippen LogP contribution in [0.5, 0.6) is 5.75 Å². The molecule has 0 unspecified atom stereocenters. The normalized spacial score (nSPS) is 18.8. The van der Waals surface area contributed by atoms with Crippen LogP contribution in [0, 0.1) is 12.3 Å². The number of rotatable bonds is 4. The zero-order chi connectivity index (χ0) is 13.0. The van der Waals surface area contributed by atoms with Gasteiger partial charge < -0.3 is 10.4 Å². The monoisotopic (exact) mass is 248 g/mol. The van der Waals surface area contributed by atoms with Crippen LogP contribution in [-0.4, -0.2) is 16.6 Å². The first-order chi connectivity index (χ1) is 8.59. The van der Waals surface area contributed by atoms with Crippen LogP contribution < -0.4 is 5.32 Å². The Hall–Kier alpha value is -1.09. The SMILES string of the molecule is Cc1ccc(O)c(CNCC2(C)CCCCC2)n1. The van der Waals surface area contributed by atoms with Gasteiger partial charge in [0, 0.05) is 18.8 Å². The molecule has 0 spiro atoms. The zero-order valence-corrected chi connectivity index (χ0v) is 11.5. The smallest absolute Gasteiger partial charge is 0.138 e. The highest BCUT2D eigenvalue weighted by molar-refractivity contribution is 5.27. The molecule has 3 nitrogen and oxygen atoms in total. The van der Waals surface area contributed by atoms with Crippen molar-refractivity contribution in [3.05, 3.63) is 23.5 Å². The summed E-state index contributed by atoms with van der Waals surface area (Å²) in [6.07, 6.45) is 6.72. The van der Waals surface area contributed by atoms with Gasteiger partial charge in [0.25, 0.3) is 0 Å². The van der Waals surface area contributed by atoms with Gasteiger partial charge in [-0.05, 0) is 37.3 Å². The number of hydrogen-bond donors (Lipinski definition) is 2. The van der Waals surface area contributed by atoms with E-state index in [-0.39, 0.29) is 0 Å². The molecule has 1 aliphatic rings. The second-order valence-electron chi connectivity index (χ2n) is 5.89. The van der Waals surface area contributed by atoms with E-state index in [0.29, 0.717) is 17.7 Å². The largest absolute Gasteiger partial charge is 0.506 e. The van der Waals surface area contributed by atoms with Crippen molar-refractivity contribution in [3.8, 4) is 5.75 Å². The Morgan fingerprint density at radius 2 is 2.00 bits per heavy atom. The molecule has 1 saturated carbocycles. The Kier molecular flexibility index (Phi) is 4.23. The van der Waals surface area contributed by atoms with Gasteiger partial charge in [0.15, 0.2) is 0 Å². The molecular formula is C15H24N2O. The van der Waals surface area contributed by atoms with E-state index in [1.165, 1.54) is 32.1 Å². The van der Waals surface area contributed by atoms with Crippen LogP contribution in [0.1, 0.15) is 50.4 Å². The van der Waals surface area contributed by atoms with Crippen molar-refractivity contribution in [2.45, 2.75) is 52.5 Å². The molecule has 1 aromatic rings. The molecule has 0 radical (unpaired) electrons. The van der Waals surface area contributed by atoms with E-state index < -0.39 is 0 Å². The van der Waals surface area contributed by atoms with E-state index in [2.05, 4.69) is 17.2 Å². The molecule has 1 heterocycles. The van der Waals surface area contributed by atoms with Crippen molar-refractivity contribution in [3.63, 3.8) is 0 Å². The minimum atomic E-state index is 0.293. The molecule has 2 N–H and O–H groups in total. The average Bonchev–Trinajstić information content (AvgIpc) is 2.34. The van der Waals surface area contributed by atoms with Crippen molar-refractivity contribution in [2.24, 2.45) is 5.41 Å². The van der Waals surface area contributed by atoms with E-state index in [9.17, 15) is 5.11 Å². The lowest BCUT2D eigenvalue weighted by atomic mass is 9.76. The molecule has 100 valence electrons. The maximum Gasteiger partial charge on any atom is 0.138 e. The third-order valence-electron chi connectivity index (χ3n) is 3.99. The van der Waals surface area contributed by atoms with Gasteiger partial charge >= 0.3 is 0 Å². The van der Waals surface area contributed by atoms with E-state index in [4.69, 9.17) is 0 Å². The second-order valence-corrected chi connectivity index (χ2v) is 5.89. The summed E-state index contributed by atoms with van der Waals surface area (Å²) in [7, 11) is 0. The number of nitrogens with zero attached hydrogens (tertiary/aromatic N) is 1. The minimum absolute atomic E-state index is 0.293. The first kappa shape index (κ1) is 13.3. The first-order valence-corrected chi connectivity index (χ1v) is 6.95. The summed E-state index contributed by atoms with van der Waals surface area (Å²) in [6, 6.07) is 3.56. The fourth-order valence-electron chi connectivity index (χ4n) is 2.80. The fourth-order valence-corrected chi connectivity index (χ4v) is 2.80. The fraction of sp³-hybridized carbons (Fsp3) is 0.667. The highest BCUT2D eigenvalue weighted by Gasteiger charge is 2.26. The molecule has 1 aliphatic carbocycles. The van der Waals surface area contributed by atoms with Gasteiger partial charge in [0.1, 0.15) is 5.75 Å². The number of aromatic hydroxyl groups is 1. The van der Waals surface area contributed by atoms with Gasteiger partial charge in [-0.2, -0.15) is 0 Å². The van der Waals surface area contributed by atoms with Crippen LogP contribution in [0.25, 0.3) is 0 Å². The van der Waals surface area contributed by atoms with Crippen molar-refractivity contribution in [1.29, 1.82) is 0 Å². The Morgan fingerprint density at radius 1 is 1.28 bits per heavy atom. The molecule has 3 heteroatoms. The minimum Gasteiger partial charge on any atom is -0.506 e. The number of hydrogen-bond acceptors (Lipinski definition) is 3. The average molecular weight is 248 g/mol. The van der Waals surface area contributed by atoms with Crippen LogP contribution in [0.15, 0.2) is 12.1 Å². The molecule has 0 aromatic carbocycles. The van der Waals surface area contributed by atoms with Gasteiger partial charge in [0.05, 0.1) is 5.69 Å². The molecule has 0 aliphatic heterocycles. The number of aryl methyl sites for hydroxylation is 1. The van der Waals surface area contributed by atoms with Gasteiger partial charge in [-0.3, -0.25) is 4.98 Å². The van der Waals surface area contributed by atoms with Crippen molar-refractivity contribution >= 4 is 0 Å². The zero-order valence-electron chi connectivity index (χ0n) is 11.5. The van der Waals surface area contributed by atoms with Crippen molar-refractivity contribution in [2.75, 3.05) is 6.54 Å². The van der Waals surface area contributed by atoms with Crippen molar-refractivity contribution < 1.29 is 5.11 Å². The van der Waals surface area contributed by atoms with Gasteiger partial charge in [-0.15, -0.1) is 0 Å². The Balaban J connectivity index is 1.86. The summed E-state index contributed by atoms with van der Waals surface area (Å²) >= 11 is 0.